The number of carbonyl (C=O) groups excluding carboxylic acids is 3. The minimum Gasteiger partial charge on any atom is -0.497 e. The molecular formula is C27H35FN4O4S. The molecule has 4 atom stereocenters. The molecule has 1 saturated heterocycles. The smallest absolute Gasteiger partial charge is 0.254 e. The number of halogens is 1. The molecule has 0 spiro atoms. The van der Waals surface area contributed by atoms with E-state index in [9.17, 15) is 18.8 Å². The van der Waals surface area contributed by atoms with Crippen molar-refractivity contribution < 1.29 is 23.5 Å². The lowest BCUT2D eigenvalue weighted by Gasteiger charge is -2.27. The molecule has 0 radical (unpaired) electrons. The topological polar surface area (TPSA) is 123 Å². The molecule has 1 unspecified atom stereocenters. The van der Waals surface area contributed by atoms with Crippen molar-refractivity contribution in [2.75, 3.05) is 13.7 Å². The largest absolute Gasteiger partial charge is 0.497 e. The molecule has 10 heteroatoms. The molecule has 1 aliphatic rings. The summed E-state index contributed by atoms with van der Waals surface area (Å²) in [5, 5.41) is 7.59. The molecule has 1 heterocycles. The van der Waals surface area contributed by atoms with E-state index in [0.717, 1.165) is 5.56 Å². The van der Waals surface area contributed by atoms with Crippen LogP contribution < -0.4 is 26.4 Å². The third kappa shape index (κ3) is 7.69. The lowest BCUT2D eigenvalue weighted by molar-refractivity contribution is -0.126. The average molecular weight is 531 g/mol. The minimum absolute atomic E-state index is 0.0714. The fraction of sp³-hybridized carbons (Fsp3) is 0.444. The maximum Gasteiger partial charge on any atom is 0.254 e. The zero-order valence-electron chi connectivity index (χ0n) is 21.3. The number of amides is 3. The van der Waals surface area contributed by atoms with E-state index in [1.807, 2.05) is 13.8 Å². The van der Waals surface area contributed by atoms with Gasteiger partial charge in [-0.25, -0.2) is 4.39 Å². The number of hydrogen-bond acceptors (Lipinski definition) is 6. The molecular weight excluding hydrogens is 495 g/mol. The Balaban J connectivity index is 1.72. The zero-order chi connectivity index (χ0) is 27.1. The van der Waals surface area contributed by atoms with Crippen LogP contribution in [0.4, 0.5) is 4.39 Å². The van der Waals surface area contributed by atoms with Crippen molar-refractivity contribution in [1.82, 2.24) is 16.0 Å². The summed E-state index contributed by atoms with van der Waals surface area (Å²) in [6.07, 6.45) is 1.33. The molecule has 200 valence electrons. The van der Waals surface area contributed by atoms with Crippen molar-refractivity contribution in [2.45, 2.75) is 50.6 Å². The Morgan fingerprint density at radius 2 is 1.84 bits per heavy atom. The first-order valence-corrected chi connectivity index (χ1v) is 12.9. The van der Waals surface area contributed by atoms with Gasteiger partial charge >= 0.3 is 0 Å². The van der Waals surface area contributed by atoms with E-state index in [4.69, 9.17) is 10.5 Å². The Morgan fingerprint density at radius 1 is 1.16 bits per heavy atom. The summed E-state index contributed by atoms with van der Waals surface area (Å²) in [7, 11) is 1.57. The molecule has 0 bridgehead atoms. The second-order valence-corrected chi connectivity index (χ2v) is 10.3. The van der Waals surface area contributed by atoms with Crippen LogP contribution >= 0.6 is 12.6 Å². The van der Waals surface area contributed by atoms with E-state index < -0.39 is 35.1 Å². The highest BCUT2D eigenvalue weighted by atomic mass is 32.1. The molecule has 3 amide bonds. The van der Waals surface area contributed by atoms with Gasteiger partial charge in [0.15, 0.2) is 0 Å². The summed E-state index contributed by atoms with van der Waals surface area (Å²) >= 11 is 4.29. The lowest BCUT2D eigenvalue weighted by Crippen LogP contribution is -2.54. The summed E-state index contributed by atoms with van der Waals surface area (Å²) in [4.78, 5) is 38.2. The number of benzene rings is 2. The molecule has 2 aromatic carbocycles. The molecule has 0 aliphatic carbocycles. The normalized spacial score (nSPS) is 17.6. The SMILES string of the molecule is COc1ccc(-c2ccc(C(=O)N[C@@H](CC(C)C)C(=O)N[C@@H](C[C@@H]3CCNC3=O)C(N)S)c(F)c2)cc1. The van der Waals surface area contributed by atoms with Gasteiger partial charge in [0.05, 0.1) is 24.1 Å². The number of thiol groups is 1. The molecule has 1 fully saturated rings. The first-order chi connectivity index (χ1) is 17.6. The maximum absolute atomic E-state index is 15.0. The van der Waals surface area contributed by atoms with Crippen molar-refractivity contribution in [2.24, 2.45) is 17.6 Å². The highest BCUT2D eigenvalue weighted by Gasteiger charge is 2.32. The van der Waals surface area contributed by atoms with Crippen LogP contribution in [0.3, 0.4) is 0 Å². The van der Waals surface area contributed by atoms with Crippen LogP contribution in [0.15, 0.2) is 42.5 Å². The summed E-state index contributed by atoms with van der Waals surface area (Å²) < 4.78 is 20.1. The first kappa shape index (κ1) is 28.5. The molecule has 1 aliphatic heterocycles. The number of hydrogen-bond donors (Lipinski definition) is 5. The van der Waals surface area contributed by atoms with E-state index in [2.05, 4.69) is 28.6 Å². The van der Waals surface area contributed by atoms with Crippen molar-refractivity contribution in [3.8, 4) is 16.9 Å². The van der Waals surface area contributed by atoms with Gasteiger partial charge in [-0.2, -0.15) is 12.6 Å². The van der Waals surface area contributed by atoms with Gasteiger partial charge in [-0.15, -0.1) is 0 Å². The monoisotopic (exact) mass is 530 g/mol. The quantitative estimate of drug-likeness (QED) is 0.226. The Bertz CT molecular complexity index is 1110. The van der Waals surface area contributed by atoms with Crippen LogP contribution in [0.25, 0.3) is 11.1 Å². The molecule has 3 rings (SSSR count). The number of ether oxygens (including phenoxy) is 1. The van der Waals surface area contributed by atoms with E-state index in [1.54, 1.807) is 37.4 Å². The summed E-state index contributed by atoms with van der Waals surface area (Å²) in [6.45, 7) is 4.42. The van der Waals surface area contributed by atoms with Crippen LogP contribution in [-0.2, 0) is 9.59 Å². The van der Waals surface area contributed by atoms with Gasteiger partial charge in [0.2, 0.25) is 11.8 Å². The Kier molecular flexibility index (Phi) is 9.93. The van der Waals surface area contributed by atoms with Gasteiger partial charge in [0, 0.05) is 12.5 Å². The van der Waals surface area contributed by atoms with Crippen LogP contribution in [-0.4, -0.2) is 48.8 Å². The van der Waals surface area contributed by atoms with Gasteiger partial charge in [-0.05, 0) is 60.6 Å². The van der Waals surface area contributed by atoms with Crippen molar-refractivity contribution >= 4 is 30.4 Å². The predicted octanol–water partition coefficient (Wildman–Crippen LogP) is 2.87. The molecule has 2 aromatic rings. The number of rotatable bonds is 11. The number of nitrogens with one attached hydrogen (secondary N) is 3. The summed E-state index contributed by atoms with van der Waals surface area (Å²) in [5.74, 6) is -1.43. The number of methoxy groups -OCH3 is 1. The summed E-state index contributed by atoms with van der Waals surface area (Å²) in [6, 6.07) is 9.99. The number of carbonyl (C=O) groups is 3. The van der Waals surface area contributed by atoms with Crippen LogP contribution in [0, 0.1) is 17.7 Å². The minimum atomic E-state index is -0.917. The van der Waals surface area contributed by atoms with E-state index in [0.29, 0.717) is 37.1 Å². The van der Waals surface area contributed by atoms with Crippen LogP contribution in [0.2, 0.25) is 0 Å². The predicted molar refractivity (Wildman–Crippen MR) is 144 cm³/mol. The van der Waals surface area contributed by atoms with E-state index in [-0.39, 0.29) is 23.3 Å². The highest BCUT2D eigenvalue weighted by Crippen LogP contribution is 2.25. The van der Waals surface area contributed by atoms with E-state index >= 15 is 0 Å². The van der Waals surface area contributed by atoms with Crippen LogP contribution in [0.1, 0.15) is 43.5 Å². The van der Waals surface area contributed by atoms with Crippen LogP contribution in [0.5, 0.6) is 5.75 Å². The second-order valence-electron chi connectivity index (χ2n) is 9.70. The summed E-state index contributed by atoms with van der Waals surface area (Å²) in [5.41, 5.74) is 7.19. The Morgan fingerprint density at radius 3 is 2.38 bits per heavy atom. The van der Waals surface area contributed by atoms with Crippen molar-refractivity contribution in [1.29, 1.82) is 0 Å². The highest BCUT2D eigenvalue weighted by molar-refractivity contribution is 7.80. The van der Waals surface area contributed by atoms with Gasteiger partial charge in [0.25, 0.3) is 5.91 Å². The van der Waals surface area contributed by atoms with E-state index in [1.165, 1.54) is 12.1 Å². The zero-order valence-corrected chi connectivity index (χ0v) is 22.2. The van der Waals surface area contributed by atoms with Gasteiger partial charge < -0.3 is 26.4 Å². The lowest BCUT2D eigenvalue weighted by atomic mass is 9.97. The van der Waals surface area contributed by atoms with Crippen molar-refractivity contribution in [3.05, 3.63) is 53.8 Å². The van der Waals surface area contributed by atoms with Gasteiger partial charge in [-0.1, -0.05) is 32.0 Å². The fourth-order valence-corrected chi connectivity index (χ4v) is 4.54. The Labute approximate surface area is 222 Å². The second kappa shape index (κ2) is 12.9. The standard InChI is InChI=1S/C27H35FN4O4S/c1-15(2)12-23(27(35)31-22(24(29)37)14-18-10-11-30-25(18)33)32-26(34)20-9-6-17(13-21(20)28)16-4-7-19(36-3)8-5-16/h4-9,13,15,18,22-24,37H,10-12,14,29H2,1-3H3,(H,30,33)(H,31,35)(H,32,34)/t18-,22-,23-,24?/m0/s1. The molecule has 37 heavy (non-hydrogen) atoms. The average Bonchev–Trinajstić information content (AvgIpc) is 3.26. The Hall–Kier alpha value is -3.11. The fourth-order valence-electron chi connectivity index (χ4n) is 4.34. The molecule has 5 N–H and O–H groups in total. The molecule has 8 nitrogen and oxygen atoms in total. The van der Waals surface area contributed by atoms with Crippen molar-refractivity contribution in [3.63, 3.8) is 0 Å². The maximum atomic E-state index is 15.0. The van der Waals surface area contributed by atoms with Gasteiger partial charge in [0.1, 0.15) is 17.6 Å². The van der Waals surface area contributed by atoms with Gasteiger partial charge in [-0.3, -0.25) is 14.4 Å². The first-order valence-electron chi connectivity index (χ1n) is 12.4. The third-order valence-electron chi connectivity index (χ3n) is 6.41. The third-order valence-corrected chi connectivity index (χ3v) is 6.77. The molecule has 0 aromatic heterocycles. The molecule has 0 saturated carbocycles. The number of nitrogens with two attached hydrogens (primary N) is 1.